The Balaban J connectivity index is 2.00. The predicted molar refractivity (Wildman–Crippen MR) is 79.9 cm³/mol. The molecule has 1 aromatic rings. The predicted octanol–water partition coefficient (Wildman–Crippen LogP) is 1.46. The van der Waals surface area contributed by atoms with Gasteiger partial charge < -0.3 is 9.88 Å². The molecule has 1 atom stereocenters. The molecule has 1 aromatic heterocycles. The largest absolute Gasteiger partial charge is 0.352 e. The van der Waals surface area contributed by atoms with Crippen molar-refractivity contribution in [3.05, 3.63) is 18.0 Å². The number of hydrogen-bond donors (Lipinski definition) is 2. The Kier molecular flexibility index (Phi) is 4.88. The SMILES string of the molecule is CCNCc1cc(S(=O)(=O)NCC(C)C2CC2)cn1C. The van der Waals surface area contributed by atoms with E-state index in [0.29, 0.717) is 29.8 Å². The fourth-order valence-electron chi connectivity index (χ4n) is 2.31. The molecule has 0 spiro atoms. The Morgan fingerprint density at radius 2 is 2.15 bits per heavy atom. The summed E-state index contributed by atoms with van der Waals surface area (Å²) >= 11 is 0. The van der Waals surface area contributed by atoms with Crippen molar-refractivity contribution in [1.82, 2.24) is 14.6 Å². The molecule has 0 aliphatic heterocycles. The molecule has 1 aliphatic rings. The molecule has 6 heteroatoms. The highest BCUT2D eigenvalue weighted by molar-refractivity contribution is 7.89. The molecule has 114 valence electrons. The van der Waals surface area contributed by atoms with E-state index in [1.54, 1.807) is 12.3 Å². The topological polar surface area (TPSA) is 63.1 Å². The molecule has 0 aromatic carbocycles. The fraction of sp³-hybridized carbons (Fsp3) is 0.714. The minimum atomic E-state index is -3.39. The molecular formula is C14H25N3O2S. The van der Waals surface area contributed by atoms with Crippen molar-refractivity contribution in [2.24, 2.45) is 18.9 Å². The molecule has 0 saturated heterocycles. The smallest absolute Gasteiger partial charge is 0.242 e. The van der Waals surface area contributed by atoms with Gasteiger partial charge in [0.25, 0.3) is 0 Å². The molecule has 20 heavy (non-hydrogen) atoms. The van der Waals surface area contributed by atoms with Crippen LogP contribution >= 0.6 is 0 Å². The van der Waals surface area contributed by atoms with Crippen molar-refractivity contribution in [3.8, 4) is 0 Å². The van der Waals surface area contributed by atoms with Crippen LogP contribution in [0, 0.1) is 11.8 Å². The maximum atomic E-state index is 12.3. The summed E-state index contributed by atoms with van der Waals surface area (Å²) in [6.07, 6.45) is 4.15. The minimum absolute atomic E-state index is 0.357. The van der Waals surface area contributed by atoms with Gasteiger partial charge >= 0.3 is 0 Å². The highest BCUT2D eigenvalue weighted by Crippen LogP contribution is 2.36. The van der Waals surface area contributed by atoms with Gasteiger partial charge in [-0.25, -0.2) is 13.1 Å². The zero-order valence-corrected chi connectivity index (χ0v) is 13.3. The Bertz CT molecular complexity index is 547. The summed E-state index contributed by atoms with van der Waals surface area (Å²) in [5.41, 5.74) is 0.975. The highest BCUT2D eigenvalue weighted by atomic mass is 32.2. The van der Waals surface area contributed by atoms with Crippen molar-refractivity contribution in [3.63, 3.8) is 0 Å². The second-order valence-corrected chi connectivity index (χ2v) is 7.49. The zero-order valence-electron chi connectivity index (χ0n) is 12.5. The molecule has 0 radical (unpaired) electrons. The van der Waals surface area contributed by atoms with E-state index in [4.69, 9.17) is 0 Å². The number of rotatable bonds is 8. The van der Waals surface area contributed by atoms with E-state index in [1.165, 1.54) is 12.8 Å². The van der Waals surface area contributed by atoms with Gasteiger partial charge in [0.05, 0.1) is 4.90 Å². The maximum Gasteiger partial charge on any atom is 0.242 e. The Hall–Kier alpha value is -0.850. The Morgan fingerprint density at radius 3 is 2.75 bits per heavy atom. The van der Waals surface area contributed by atoms with Gasteiger partial charge in [-0.2, -0.15) is 0 Å². The number of sulfonamides is 1. The number of hydrogen-bond acceptors (Lipinski definition) is 3. The van der Waals surface area contributed by atoms with Gasteiger partial charge in [-0.3, -0.25) is 0 Å². The van der Waals surface area contributed by atoms with E-state index in [-0.39, 0.29) is 0 Å². The first-order valence-corrected chi connectivity index (χ1v) is 8.78. The third kappa shape index (κ3) is 3.84. The Morgan fingerprint density at radius 1 is 1.45 bits per heavy atom. The summed E-state index contributed by atoms with van der Waals surface area (Å²) < 4.78 is 29.1. The van der Waals surface area contributed by atoms with Gasteiger partial charge in [0.1, 0.15) is 0 Å². The van der Waals surface area contributed by atoms with Crippen LogP contribution in [0.3, 0.4) is 0 Å². The number of aromatic nitrogens is 1. The second kappa shape index (κ2) is 6.28. The second-order valence-electron chi connectivity index (χ2n) is 5.72. The first-order valence-electron chi connectivity index (χ1n) is 7.29. The number of nitrogens with one attached hydrogen (secondary N) is 2. The Labute approximate surface area is 121 Å². The van der Waals surface area contributed by atoms with Crippen molar-refractivity contribution >= 4 is 10.0 Å². The monoisotopic (exact) mass is 299 g/mol. The molecular weight excluding hydrogens is 274 g/mol. The van der Waals surface area contributed by atoms with E-state index in [2.05, 4.69) is 17.0 Å². The van der Waals surface area contributed by atoms with Gasteiger partial charge in [-0.05, 0) is 37.3 Å². The summed E-state index contributed by atoms with van der Waals surface area (Å²) in [4.78, 5) is 0.357. The first kappa shape index (κ1) is 15.5. The lowest BCUT2D eigenvalue weighted by atomic mass is 10.1. The lowest BCUT2D eigenvalue weighted by Crippen LogP contribution is -2.28. The van der Waals surface area contributed by atoms with Gasteiger partial charge in [-0.15, -0.1) is 0 Å². The van der Waals surface area contributed by atoms with Crippen LogP contribution in [-0.4, -0.2) is 26.1 Å². The van der Waals surface area contributed by atoms with Crippen LogP contribution < -0.4 is 10.0 Å². The molecule has 0 bridgehead atoms. The molecule has 1 unspecified atom stereocenters. The van der Waals surface area contributed by atoms with Gasteiger partial charge in [0.2, 0.25) is 10.0 Å². The summed E-state index contributed by atoms with van der Waals surface area (Å²) in [5.74, 6) is 1.13. The normalized spacial score (nSPS) is 17.4. The summed E-state index contributed by atoms with van der Waals surface area (Å²) in [5, 5.41) is 3.21. The van der Waals surface area contributed by atoms with Crippen LogP contribution in [0.4, 0.5) is 0 Å². The quantitative estimate of drug-likeness (QED) is 0.764. The third-order valence-corrected chi connectivity index (χ3v) is 5.36. The number of nitrogens with zero attached hydrogens (tertiary/aromatic N) is 1. The van der Waals surface area contributed by atoms with Crippen LogP contribution in [-0.2, 0) is 23.6 Å². The molecule has 0 amide bonds. The summed E-state index contributed by atoms with van der Waals surface area (Å²) in [6.45, 7) is 6.22. The molecule has 1 aliphatic carbocycles. The van der Waals surface area contributed by atoms with Crippen LogP contribution in [0.1, 0.15) is 32.4 Å². The first-order chi connectivity index (χ1) is 9.44. The standard InChI is InChI=1S/C14H25N3O2S/c1-4-15-9-13-7-14(10-17(13)3)20(18,19)16-8-11(2)12-5-6-12/h7,10-12,15-16H,4-6,8-9H2,1-3H3. The maximum absolute atomic E-state index is 12.3. The van der Waals surface area contributed by atoms with Gasteiger partial charge in [-0.1, -0.05) is 13.8 Å². The zero-order chi connectivity index (χ0) is 14.8. The van der Waals surface area contributed by atoms with Crippen molar-refractivity contribution in [2.75, 3.05) is 13.1 Å². The van der Waals surface area contributed by atoms with Crippen LogP contribution in [0.5, 0.6) is 0 Å². The fourth-order valence-corrected chi connectivity index (χ4v) is 3.55. The van der Waals surface area contributed by atoms with Crippen LogP contribution in [0.2, 0.25) is 0 Å². The van der Waals surface area contributed by atoms with Gasteiger partial charge in [0.15, 0.2) is 0 Å². The molecule has 1 saturated carbocycles. The van der Waals surface area contributed by atoms with E-state index < -0.39 is 10.0 Å². The summed E-state index contributed by atoms with van der Waals surface area (Å²) in [6, 6.07) is 1.74. The molecule has 1 fully saturated rings. The van der Waals surface area contributed by atoms with E-state index in [9.17, 15) is 8.42 Å². The molecule has 5 nitrogen and oxygen atoms in total. The molecule has 2 rings (SSSR count). The average Bonchev–Trinajstić information content (AvgIpc) is 3.18. The molecule has 2 N–H and O–H groups in total. The van der Waals surface area contributed by atoms with Crippen LogP contribution in [0.15, 0.2) is 17.2 Å². The van der Waals surface area contributed by atoms with Crippen LogP contribution in [0.25, 0.3) is 0 Å². The lowest BCUT2D eigenvalue weighted by molar-refractivity contribution is 0.492. The highest BCUT2D eigenvalue weighted by Gasteiger charge is 2.29. The lowest BCUT2D eigenvalue weighted by Gasteiger charge is -2.10. The van der Waals surface area contributed by atoms with E-state index in [1.807, 2.05) is 18.5 Å². The average molecular weight is 299 g/mol. The summed E-state index contributed by atoms with van der Waals surface area (Å²) in [7, 11) is -1.51. The van der Waals surface area contributed by atoms with Crippen molar-refractivity contribution < 1.29 is 8.42 Å². The number of aryl methyl sites for hydroxylation is 1. The van der Waals surface area contributed by atoms with Crippen molar-refractivity contribution in [2.45, 2.75) is 38.1 Å². The minimum Gasteiger partial charge on any atom is -0.352 e. The van der Waals surface area contributed by atoms with Gasteiger partial charge in [0, 0.05) is 32.0 Å². The van der Waals surface area contributed by atoms with E-state index in [0.717, 1.165) is 12.2 Å². The van der Waals surface area contributed by atoms with E-state index >= 15 is 0 Å². The van der Waals surface area contributed by atoms with Crippen molar-refractivity contribution in [1.29, 1.82) is 0 Å². The molecule has 1 heterocycles. The third-order valence-electron chi connectivity index (χ3n) is 3.97.